The molecule has 24 heavy (non-hydrogen) atoms. The molecule has 0 spiro atoms. The number of rotatable bonds is 16. The molecule has 3 atom stereocenters. The Balaban J connectivity index is 4.34. The molecule has 0 N–H and O–H groups in total. The average Bonchev–Trinajstić information content (AvgIpc) is 2.54. The average molecular weight is 335 g/mol. The van der Waals surface area contributed by atoms with Gasteiger partial charge in [0, 0.05) is 0 Å². The van der Waals surface area contributed by atoms with Gasteiger partial charge in [0.25, 0.3) is 0 Å². The van der Waals surface area contributed by atoms with Gasteiger partial charge in [-0.25, -0.2) is 0 Å². The van der Waals surface area contributed by atoms with Crippen molar-refractivity contribution in [3.8, 4) is 0 Å². The largest absolute Gasteiger partial charge is 0.103 e. The quantitative estimate of drug-likeness (QED) is 0.196. The monoisotopic (exact) mass is 334 g/mol. The van der Waals surface area contributed by atoms with Crippen molar-refractivity contribution in [2.24, 2.45) is 23.7 Å². The SMILES string of the molecule is C=CC(C)CCC(CCC(C)CCCCC)C(=C)CCCC(C)C. The van der Waals surface area contributed by atoms with E-state index in [9.17, 15) is 0 Å². The second kappa shape index (κ2) is 14.8. The molecule has 3 unspecified atom stereocenters. The van der Waals surface area contributed by atoms with E-state index in [0.717, 1.165) is 17.8 Å². The molecule has 0 bridgehead atoms. The van der Waals surface area contributed by atoms with E-state index in [1.807, 2.05) is 0 Å². The predicted octanol–water partition coefficient (Wildman–Crippen LogP) is 8.58. The lowest BCUT2D eigenvalue weighted by atomic mass is 9.83. The molecule has 0 aromatic rings. The second-order valence-corrected chi connectivity index (χ2v) is 8.61. The molecule has 0 aliphatic rings. The zero-order valence-corrected chi connectivity index (χ0v) is 17.6. The van der Waals surface area contributed by atoms with Crippen LogP contribution in [0.25, 0.3) is 0 Å². The number of hydrogen-bond acceptors (Lipinski definition) is 0. The summed E-state index contributed by atoms with van der Waals surface area (Å²) in [5.74, 6) is 3.06. The van der Waals surface area contributed by atoms with Crippen LogP contribution in [0, 0.1) is 23.7 Å². The van der Waals surface area contributed by atoms with Gasteiger partial charge in [-0.3, -0.25) is 0 Å². The highest BCUT2D eigenvalue weighted by atomic mass is 14.2. The number of unbranched alkanes of at least 4 members (excludes halogenated alkanes) is 2. The van der Waals surface area contributed by atoms with Gasteiger partial charge in [-0.1, -0.05) is 91.4 Å². The van der Waals surface area contributed by atoms with Crippen molar-refractivity contribution < 1.29 is 0 Å². The van der Waals surface area contributed by atoms with Gasteiger partial charge in [0.1, 0.15) is 0 Å². The lowest BCUT2D eigenvalue weighted by molar-refractivity contribution is 0.378. The van der Waals surface area contributed by atoms with E-state index in [1.54, 1.807) is 0 Å². The molecule has 0 amide bonds. The van der Waals surface area contributed by atoms with Gasteiger partial charge in [0.2, 0.25) is 0 Å². The van der Waals surface area contributed by atoms with Crippen LogP contribution in [0.4, 0.5) is 0 Å². The van der Waals surface area contributed by atoms with Crippen LogP contribution >= 0.6 is 0 Å². The van der Waals surface area contributed by atoms with E-state index < -0.39 is 0 Å². The van der Waals surface area contributed by atoms with Gasteiger partial charge < -0.3 is 0 Å². The van der Waals surface area contributed by atoms with Crippen molar-refractivity contribution in [2.45, 2.75) is 105 Å². The first-order valence-electron chi connectivity index (χ1n) is 10.7. The van der Waals surface area contributed by atoms with Crippen molar-refractivity contribution in [3.63, 3.8) is 0 Å². The summed E-state index contributed by atoms with van der Waals surface area (Å²) < 4.78 is 0. The molecule has 0 aromatic carbocycles. The van der Waals surface area contributed by atoms with E-state index in [4.69, 9.17) is 0 Å². The zero-order valence-electron chi connectivity index (χ0n) is 17.6. The second-order valence-electron chi connectivity index (χ2n) is 8.61. The molecule has 0 saturated carbocycles. The summed E-state index contributed by atoms with van der Waals surface area (Å²) >= 11 is 0. The highest BCUT2D eigenvalue weighted by Gasteiger charge is 2.15. The van der Waals surface area contributed by atoms with Gasteiger partial charge in [0.15, 0.2) is 0 Å². The zero-order chi connectivity index (χ0) is 18.4. The van der Waals surface area contributed by atoms with Crippen molar-refractivity contribution in [1.82, 2.24) is 0 Å². The van der Waals surface area contributed by atoms with Gasteiger partial charge in [-0.2, -0.15) is 0 Å². The Morgan fingerprint density at radius 2 is 1.50 bits per heavy atom. The normalized spacial score (nSPS) is 15.2. The summed E-state index contributed by atoms with van der Waals surface area (Å²) in [7, 11) is 0. The summed E-state index contributed by atoms with van der Waals surface area (Å²) in [5, 5.41) is 0. The first-order valence-corrected chi connectivity index (χ1v) is 10.7. The maximum Gasteiger partial charge on any atom is -0.0206 e. The van der Waals surface area contributed by atoms with E-state index in [2.05, 4.69) is 53.9 Å². The molecule has 0 aliphatic carbocycles. The van der Waals surface area contributed by atoms with E-state index in [0.29, 0.717) is 5.92 Å². The standard InChI is InChI=1S/C24H46/c1-8-10-11-14-22(6)17-19-24(18-16-21(5)9-2)23(7)15-12-13-20(3)4/h9,20-22,24H,2,7-8,10-19H2,1,3-6H3. The third-order valence-electron chi connectivity index (χ3n) is 5.54. The lowest BCUT2D eigenvalue weighted by Crippen LogP contribution is -2.09. The fraction of sp³-hybridized carbons (Fsp3) is 0.833. The summed E-state index contributed by atoms with van der Waals surface area (Å²) in [6, 6.07) is 0. The minimum atomic E-state index is 0.637. The van der Waals surface area contributed by atoms with Crippen LogP contribution in [-0.2, 0) is 0 Å². The third-order valence-corrected chi connectivity index (χ3v) is 5.54. The van der Waals surface area contributed by atoms with Crippen LogP contribution in [0.2, 0.25) is 0 Å². The Morgan fingerprint density at radius 3 is 2.08 bits per heavy atom. The molecule has 142 valence electrons. The van der Waals surface area contributed by atoms with Crippen molar-refractivity contribution >= 4 is 0 Å². The molecule has 0 rings (SSSR count). The van der Waals surface area contributed by atoms with E-state index >= 15 is 0 Å². The minimum Gasteiger partial charge on any atom is -0.103 e. The first-order chi connectivity index (χ1) is 11.4. The lowest BCUT2D eigenvalue weighted by Gasteiger charge is -2.23. The topological polar surface area (TPSA) is 0 Å². The molecule has 0 aliphatic heterocycles. The molecular weight excluding hydrogens is 288 g/mol. The van der Waals surface area contributed by atoms with Crippen LogP contribution in [0.3, 0.4) is 0 Å². The van der Waals surface area contributed by atoms with Crippen molar-refractivity contribution in [3.05, 3.63) is 24.8 Å². The molecule has 0 radical (unpaired) electrons. The fourth-order valence-corrected chi connectivity index (χ4v) is 3.45. The Hall–Kier alpha value is -0.520. The number of allylic oxidation sites excluding steroid dienone is 2. The predicted molar refractivity (Wildman–Crippen MR) is 112 cm³/mol. The molecule has 0 saturated heterocycles. The minimum absolute atomic E-state index is 0.637. The van der Waals surface area contributed by atoms with Gasteiger partial charge in [-0.05, 0) is 55.8 Å². The van der Waals surface area contributed by atoms with Crippen LogP contribution in [-0.4, -0.2) is 0 Å². The maximum absolute atomic E-state index is 4.48. The summed E-state index contributed by atoms with van der Waals surface area (Å²) in [6.45, 7) is 20.1. The van der Waals surface area contributed by atoms with E-state index in [1.165, 1.54) is 76.2 Å². The first kappa shape index (κ1) is 23.5. The maximum atomic E-state index is 4.48. The van der Waals surface area contributed by atoms with Crippen LogP contribution in [0.1, 0.15) is 105 Å². The van der Waals surface area contributed by atoms with Crippen LogP contribution in [0.5, 0.6) is 0 Å². The smallest absolute Gasteiger partial charge is 0.0206 e. The molecule has 0 heterocycles. The molecule has 0 heteroatoms. The van der Waals surface area contributed by atoms with Gasteiger partial charge in [0.05, 0.1) is 0 Å². The molecule has 0 fully saturated rings. The summed E-state index contributed by atoms with van der Waals surface area (Å²) in [5.41, 5.74) is 1.52. The van der Waals surface area contributed by atoms with Crippen LogP contribution < -0.4 is 0 Å². The summed E-state index contributed by atoms with van der Waals surface area (Å²) in [4.78, 5) is 0. The highest BCUT2D eigenvalue weighted by molar-refractivity contribution is 5.01. The van der Waals surface area contributed by atoms with Crippen molar-refractivity contribution in [2.75, 3.05) is 0 Å². The van der Waals surface area contributed by atoms with Gasteiger partial charge in [-0.15, -0.1) is 6.58 Å². The Morgan fingerprint density at radius 1 is 0.833 bits per heavy atom. The third kappa shape index (κ3) is 12.8. The van der Waals surface area contributed by atoms with Gasteiger partial charge >= 0.3 is 0 Å². The molecule has 0 nitrogen and oxygen atoms in total. The summed E-state index contributed by atoms with van der Waals surface area (Å²) in [6.07, 6.45) is 16.8. The fourth-order valence-electron chi connectivity index (χ4n) is 3.45. The Labute approximate surface area is 154 Å². The van der Waals surface area contributed by atoms with Crippen LogP contribution in [0.15, 0.2) is 24.8 Å². The van der Waals surface area contributed by atoms with Crippen molar-refractivity contribution in [1.29, 1.82) is 0 Å². The molecular formula is C24H46. The van der Waals surface area contributed by atoms with E-state index in [-0.39, 0.29) is 0 Å². The Bertz CT molecular complexity index is 312. The highest BCUT2D eigenvalue weighted by Crippen LogP contribution is 2.30. The molecule has 0 aromatic heterocycles. The number of hydrogen-bond donors (Lipinski definition) is 0. The Kier molecular flexibility index (Phi) is 14.5.